The van der Waals surface area contributed by atoms with Gasteiger partial charge in [0.1, 0.15) is 6.04 Å². The summed E-state index contributed by atoms with van der Waals surface area (Å²) < 4.78 is 0. The van der Waals surface area contributed by atoms with Crippen LogP contribution in [0, 0.1) is 0 Å². The van der Waals surface area contributed by atoms with Crippen LogP contribution in [0.4, 0.5) is 0 Å². The van der Waals surface area contributed by atoms with Gasteiger partial charge in [-0.1, -0.05) is 0 Å². The van der Waals surface area contributed by atoms with Crippen LogP contribution in [0.25, 0.3) is 0 Å². The monoisotopic (exact) mass is 516 g/mol. The maximum absolute atomic E-state index is 12.1. The van der Waals surface area contributed by atoms with Crippen molar-refractivity contribution in [1.29, 1.82) is 0 Å². The van der Waals surface area contributed by atoms with Crippen molar-refractivity contribution in [2.45, 2.75) is 51.0 Å². The predicted octanol–water partition coefficient (Wildman–Crippen LogP) is 0.554. The number of carbonyl (C=O) groups excluding carboxylic acids is 4. The minimum absolute atomic E-state index is 0.0755. The Morgan fingerprint density at radius 1 is 0.882 bits per heavy atom. The fourth-order valence-electron chi connectivity index (χ4n) is 3.81. The van der Waals surface area contributed by atoms with Gasteiger partial charge in [0.15, 0.2) is 0 Å². The van der Waals surface area contributed by atoms with E-state index in [4.69, 9.17) is 0 Å². The first-order chi connectivity index (χ1) is 16.4. The molecule has 2 saturated heterocycles. The second-order valence-corrected chi connectivity index (χ2v) is 10.6. The van der Waals surface area contributed by atoms with Crippen molar-refractivity contribution in [2.75, 3.05) is 55.7 Å². The molecule has 0 spiro atoms. The number of rotatable bonds is 17. The van der Waals surface area contributed by atoms with Crippen LogP contribution in [0.3, 0.4) is 0 Å². The Kier molecular flexibility index (Phi) is 13.2. The van der Waals surface area contributed by atoms with E-state index in [1.165, 1.54) is 23.5 Å². The Balaban J connectivity index is 1.48. The Morgan fingerprint density at radius 2 is 1.44 bits per heavy atom. The van der Waals surface area contributed by atoms with E-state index >= 15 is 0 Å². The van der Waals surface area contributed by atoms with Crippen LogP contribution in [0.2, 0.25) is 0 Å². The molecule has 0 aromatic heterocycles. The van der Waals surface area contributed by atoms with Crippen LogP contribution in [0.15, 0.2) is 0 Å². The third-order valence-corrected chi connectivity index (χ3v) is 7.57. The molecular weight excluding hydrogens is 480 g/mol. The summed E-state index contributed by atoms with van der Waals surface area (Å²) in [5.41, 5.74) is 0. The summed E-state index contributed by atoms with van der Waals surface area (Å²) in [4.78, 5) is 62.1. The van der Waals surface area contributed by atoms with Gasteiger partial charge in [-0.2, -0.15) is 23.5 Å². The highest BCUT2D eigenvalue weighted by molar-refractivity contribution is 8.00. The summed E-state index contributed by atoms with van der Waals surface area (Å²) in [6, 6.07) is -0.951. The van der Waals surface area contributed by atoms with E-state index in [2.05, 4.69) is 10.6 Å². The van der Waals surface area contributed by atoms with Crippen molar-refractivity contribution in [1.82, 2.24) is 20.4 Å². The van der Waals surface area contributed by atoms with Gasteiger partial charge in [-0.05, 0) is 32.1 Å². The van der Waals surface area contributed by atoms with Gasteiger partial charge in [0.2, 0.25) is 23.6 Å². The first-order valence-electron chi connectivity index (χ1n) is 11.9. The van der Waals surface area contributed by atoms with Crippen molar-refractivity contribution < 1.29 is 29.1 Å². The zero-order valence-corrected chi connectivity index (χ0v) is 21.2. The molecule has 0 bridgehead atoms. The number of nitrogens with zero attached hydrogens (tertiary/aromatic N) is 2. The van der Waals surface area contributed by atoms with Gasteiger partial charge < -0.3 is 25.5 Å². The highest BCUT2D eigenvalue weighted by Gasteiger charge is 2.21. The molecule has 1 unspecified atom stereocenters. The third kappa shape index (κ3) is 11.0. The van der Waals surface area contributed by atoms with Gasteiger partial charge in [0.25, 0.3) is 0 Å². The zero-order valence-electron chi connectivity index (χ0n) is 19.6. The normalized spacial score (nSPS) is 16.7. The molecule has 0 aromatic rings. The van der Waals surface area contributed by atoms with E-state index in [9.17, 15) is 29.1 Å². The van der Waals surface area contributed by atoms with Crippen molar-refractivity contribution >= 4 is 53.1 Å². The number of amides is 4. The summed E-state index contributed by atoms with van der Waals surface area (Å²) >= 11 is 2.88. The van der Waals surface area contributed by atoms with Crippen molar-refractivity contribution in [3.05, 3.63) is 0 Å². The second-order valence-electron chi connectivity index (χ2n) is 8.38. The molecule has 0 radical (unpaired) electrons. The molecule has 2 aliphatic rings. The van der Waals surface area contributed by atoms with Gasteiger partial charge in [0, 0.05) is 57.1 Å². The maximum Gasteiger partial charge on any atom is 0.326 e. The van der Waals surface area contributed by atoms with E-state index < -0.39 is 12.0 Å². The number of thioether (sulfide) groups is 2. The lowest BCUT2D eigenvalue weighted by molar-refractivity contribution is -0.141. The summed E-state index contributed by atoms with van der Waals surface area (Å²) in [7, 11) is 0. The molecule has 2 heterocycles. The van der Waals surface area contributed by atoms with Crippen molar-refractivity contribution in [2.24, 2.45) is 0 Å². The summed E-state index contributed by atoms with van der Waals surface area (Å²) in [5, 5.41) is 14.7. The quantitative estimate of drug-likeness (QED) is 0.239. The topological polar surface area (TPSA) is 136 Å². The molecule has 4 amide bonds. The zero-order chi connectivity index (χ0) is 24.8. The molecule has 2 fully saturated rings. The van der Waals surface area contributed by atoms with Crippen molar-refractivity contribution in [3.8, 4) is 0 Å². The van der Waals surface area contributed by atoms with Crippen molar-refractivity contribution in [3.63, 3.8) is 0 Å². The molecule has 2 aliphatic heterocycles. The van der Waals surface area contributed by atoms with Crippen LogP contribution in [-0.2, 0) is 24.0 Å². The molecule has 0 saturated carbocycles. The molecule has 0 aliphatic carbocycles. The number of unbranched alkanes of at least 4 members (excludes halogenated alkanes) is 1. The molecule has 12 heteroatoms. The number of carbonyl (C=O) groups is 5. The standard InChI is InChI=1S/C22H36N4O6S2/c27-18(15-33-13-11-25-9-3-6-20(25)29)23-8-2-1-5-17(22(31)32)24-19(28)16-34-14-12-26-10-4-7-21(26)30/h17H,1-16H2,(H,23,27)(H,24,28)(H,31,32). The first kappa shape index (κ1) is 28.3. The fraction of sp³-hybridized carbons (Fsp3) is 0.773. The molecule has 34 heavy (non-hydrogen) atoms. The number of aliphatic carboxylic acids is 1. The summed E-state index contributed by atoms with van der Waals surface area (Å²) in [6.07, 6.45) is 4.49. The highest BCUT2D eigenvalue weighted by Crippen LogP contribution is 2.12. The predicted molar refractivity (Wildman–Crippen MR) is 133 cm³/mol. The number of carboxylic acid groups (broad SMARTS) is 1. The van der Waals surface area contributed by atoms with Gasteiger partial charge in [-0.25, -0.2) is 4.79 Å². The Morgan fingerprint density at radius 3 is 1.94 bits per heavy atom. The molecule has 10 nitrogen and oxygen atoms in total. The average Bonchev–Trinajstić information content (AvgIpc) is 3.40. The van der Waals surface area contributed by atoms with E-state index in [-0.39, 0.29) is 29.4 Å². The largest absolute Gasteiger partial charge is 0.480 e. The summed E-state index contributed by atoms with van der Waals surface area (Å²) in [6.45, 7) is 3.32. The Labute approximate surface area is 209 Å². The van der Waals surface area contributed by atoms with Crippen LogP contribution in [0.5, 0.6) is 0 Å². The number of likely N-dealkylation sites (tertiary alicyclic amines) is 2. The minimum Gasteiger partial charge on any atom is -0.480 e. The molecule has 192 valence electrons. The first-order valence-corrected chi connectivity index (χ1v) is 14.2. The molecule has 0 aromatic carbocycles. The van der Waals surface area contributed by atoms with E-state index in [0.29, 0.717) is 63.2 Å². The van der Waals surface area contributed by atoms with Crippen LogP contribution >= 0.6 is 23.5 Å². The van der Waals surface area contributed by atoms with Gasteiger partial charge >= 0.3 is 5.97 Å². The van der Waals surface area contributed by atoms with Gasteiger partial charge in [-0.15, -0.1) is 0 Å². The fourth-order valence-corrected chi connectivity index (χ4v) is 5.35. The van der Waals surface area contributed by atoms with Gasteiger partial charge in [-0.3, -0.25) is 19.2 Å². The van der Waals surface area contributed by atoms with E-state index in [1.54, 1.807) is 4.90 Å². The van der Waals surface area contributed by atoms with Crippen LogP contribution in [0.1, 0.15) is 44.9 Å². The Hall–Kier alpha value is -1.95. The van der Waals surface area contributed by atoms with Crippen LogP contribution < -0.4 is 10.6 Å². The number of nitrogens with one attached hydrogen (secondary N) is 2. The smallest absolute Gasteiger partial charge is 0.326 e. The molecule has 1 atom stereocenters. The highest BCUT2D eigenvalue weighted by atomic mass is 32.2. The van der Waals surface area contributed by atoms with E-state index in [1.807, 2.05) is 4.90 Å². The lowest BCUT2D eigenvalue weighted by atomic mass is 10.1. The average molecular weight is 517 g/mol. The third-order valence-electron chi connectivity index (χ3n) is 5.70. The molecular formula is C22H36N4O6S2. The lowest BCUT2D eigenvalue weighted by Crippen LogP contribution is -2.41. The molecule has 2 rings (SSSR count). The number of hydrogen-bond donors (Lipinski definition) is 3. The number of carboxylic acids is 1. The maximum atomic E-state index is 12.1. The SMILES string of the molecule is O=C(CSCCN1CCCC1=O)NCCCCC(NC(=O)CSCCN1CCCC1=O)C(=O)O. The minimum atomic E-state index is -1.07. The number of hydrogen-bond acceptors (Lipinski definition) is 7. The molecule has 3 N–H and O–H groups in total. The van der Waals surface area contributed by atoms with Gasteiger partial charge in [0.05, 0.1) is 11.5 Å². The van der Waals surface area contributed by atoms with Crippen LogP contribution in [-0.4, -0.2) is 106 Å². The summed E-state index contributed by atoms with van der Waals surface area (Å²) in [5.74, 6) is 0.734. The lowest BCUT2D eigenvalue weighted by Gasteiger charge is -2.16. The Bertz CT molecular complexity index is 724. The second kappa shape index (κ2) is 15.9. The van der Waals surface area contributed by atoms with E-state index in [0.717, 1.165) is 31.7 Å².